The van der Waals surface area contributed by atoms with Crippen LogP contribution in [0.5, 0.6) is 11.5 Å². The second-order valence-corrected chi connectivity index (χ2v) is 13.5. The molecule has 2 heterocycles. The molecule has 2 aromatic rings. The standard InChI is InChI=1S/C37H48FNO9/c1-10-39(35(42)48-36(4,5)6)26-19-25-12-11-13-30-33(47-37(7,8)46-30)32(44-21-24-14-16-27(43-9)17-15-24)28(38)18-22(2)23(3)45-34(41)31(25)29(40)20-26/h11-12,14-20,22-23,30,32-33,40H,10,13,21H2,1-9H3/t22-,23+,30+,32-,33+/m1/s1. The molecule has 1 saturated heterocycles. The maximum atomic E-state index is 16.2. The first kappa shape index (κ1) is 36.9. The second-order valence-electron chi connectivity index (χ2n) is 13.5. The molecule has 11 heteroatoms. The van der Waals surface area contributed by atoms with Gasteiger partial charge in [0, 0.05) is 18.5 Å². The fraction of sp³-hybridized carbons (Fsp3) is 0.514. The van der Waals surface area contributed by atoms with Crippen LogP contribution in [0.3, 0.4) is 0 Å². The highest BCUT2D eigenvalue weighted by Gasteiger charge is 2.47. The maximum Gasteiger partial charge on any atom is 0.414 e. The number of phenols is 1. The minimum atomic E-state index is -1.13. The molecule has 1 amide bonds. The van der Waals surface area contributed by atoms with Crippen molar-refractivity contribution >= 4 is 23.8 Å². The monoisotopic (exact) mass is 669 g/mol. The number of hydrogen-bond acceptors (Lipinski definition) is 9. The van der Waals surface area contributed by atoms with E-state index in [4.69, 9.17) is 28.4 Å². The fourth-order valence-electron chi connectivity index (χ4n) is 5.56. The minimum Gasteiger partial charge on any atom is -0.507 e. The Bertz CT molecular complexity index is 1510. The Balaban J connectivity index is 1.74. The molecule has 1 fully saturated rings. The molecule has 5 atom stereocenters. The van der Waals surface area contributed by atoms with E-state index in [0.717, 1.165) is 5.56 Å². The second kappa shape index (κ2) is 15.1. The molecular formula is C37H48FNO9. The van der Waals surface area contributed by atoms with Gasteiger partial charge in [0.25, 0.3) is 0 Å². The van der Waals surface area contributed by atoms with Gasteiger partial charge in [0.2, 0.25) is 0 Å². The molecule has 4 rings (SSSR count). The lowest BCUT2D eigenvalue weighted by atomic mass is 9.97. The number of hydrogen-bond donors (Lipinski definition) is 1. The van der Waals surface area contributed by atoms with Crippen molar-refractivity contribution in [3.63, 3.8) is 0 Å². The number of aromatic hydroxyl groups is 1. The first-order chi connectivity index (χ1) is 22.5. The van der Waals surface area contributed by atoms with Crippen LogP contribution in [0.4, 0.5) is 14.9 Å². The third-order valence-corrected chi connectivity index (χ3v) is 8.08. The van der Waals surface area contributed by atoms with E-state index < -0.39 is 59.6 Å². The molecule has 48 heavy (non-hydrogen) atoms. The third kappa shape index (κ3) is 9.15. The molecule has 0 radical (unpaired) electrons. The smallest absolute Gasteiger partial charge is 0.414 e. The van der Waals surface area contributed by atoms with E-state index in [1.54, 1.807) is 92.9 Å². The summed E-state index contributed by atoms with van der Waals surface area (Å²) in [6.07, 6.45) is 1.04. The predicted octanol–water partition coefficient (Wildman–Crippen LogP) is 7.72. The van der Waals surface area contributed by atoms with Gasteiger partial charge in [0.05, 0.1) is 25.5 Å². The van der Waals surface area contributed by atoms with Gasteiger partial charge < -0.3 is 33.5 Å². The van der Waals surface area contributed by atoms with Gasteiger partial charge in [0.1, 0.15) is 46.8 Å². The van der Waals surface area contributed by atoms with Crippen LogP contribution in [-0.2, 0) is 30.3 Å². The molecule has 0 aromatic heterocycles. The van der Waals surface area contributed by atoms with Gasteiger partial charge >= 0.3 is 12.1 Å². The zero-order valence-corrected chi connectivity index (χ0v) is 29.2. The zero-order chi connectivity index (χ0) is 35.4. The van der Waals surface area contributed by atoms with E-state index in [2.05, 4.69) is 0 Å². The molecule has 2 aromatic carbocycles. The van der Waals surface area contributed by atoms with Crippen LogP contribution in [0.2, 0.25) is 0 Å². The van der Waals surface area contributed by atoms with Crippen LogP contribution in [0.25, 0.3) is 6.08 Å². The molecule has 2 aliphatic rings. The van der Waals surface area contributed by atoms with Gasteiger partial charge in [-0.05, 0) is 90.3 Å². The van der Waals surface area contributed by atoms with Crippen molar-refractivity contribution in [3.05, 3.63) is 71.1 Å². The Morgan fingerprint density at radius 2 is 1.81 bits per heavy atom. The van der Waals surface area contributed by atoms with Crippen molar-refractivity contribution in [3.8, 4) is 11.5 Å². The lowest BCUT2D eigenvalue weighted by molar-refractivity contribution is -0.158. The van der Waals surface area contributed by atoms with E-state index in [1.165, 1.54) is 17.0 Å². The molecule has 1 N–H and O–H groups in total. The Kier molecular flexibility index (Phi) is 11.6. The van der Waals surface area contributed by atoms with Gasteiger partial charge in [-0.1, -0.05) is 31.2 Å². The summed E-state index contributed by atoms with van der Waals surface area (Å²) < 4.78 is 51.5. The van der Waals surface area contributed by atoms with Crippen LogP contribution in [0.15, 0.2) is 54.4 Å². The Morgan fingerprint density at radius 1 is 1.12 bits per heavy atom. The van der Waals surface area contributed by atoms with Gasteiger partial charge in [-0.15, -0.1) is 0 Å². The van der Waals surface area contributed by atoms with Crippen LogP contribution >= 0.6 is 0 Å². The zero-order valence-electron chi connectivity index (χ0n) is 29.2. The summed E-state index contributed by atoms with van der Waals surface area (Å²) in [5.41, 5.74) is 0.635. The minimum absolute atomic E-state index is 0.0861. The quantitative estimate of drug-likeness (QED) is 0.309. The van der Waals surface area contributed by atoms with E-state index in [9.17, 15) is 14.7 Å². The number of cyclic esters (lactones) is 1. The summed E-state index contributed by atoms with van der Waals surface area (Å²) in [5, 5.41) is 11.1. The van der Waals surface area contributed by atoms with E-state index in [-0.39, 0.29) is 30.9 Å². The van der Waals surface area contributed by atoms with Crippen LogP contribution in [0.1, 0.15) is 83.3 Å². The van der Waals surface area contributed by atoms with Crippen LogP contribution in [-0.4, -0.2) is 66.6 Å². The molecule has 10 nitrogen and oxygen atoms in total. The number of ether oxygens (including phenoxy) is 6. The molecule has 2 aliphatic heterocycles. The average Bonchev–Trinajstić information content (AvgIpc) is 3.29. The average molecular weight is 670 g/mol. The summed E-state index contributed by atoms with van der Waals surface area (Å²) in [6.45, 7) is 14.3. The van der Waals surface area contributed by atoms with E-state index >= 15 is 4.39 Å². The summed E-state index contributed by atoms with van der Waals surface area (Å²) in [4.78, 5) is 27.9. The van der Waals surface area contributed by atoms with E-state index in [1.807, 2.05) is 12.1 Å². The van der Waals surface area contributed by atoms with Crippen molar-refractivity contribution in [2.24, 2.45) is 5.92 Å². The summed E-state index contributed by atoms with van der Waals surface area (Å²) in [7, 11) is 1.58. The highest BCUT2D eigenvalue weighted by atomic mass is 19.1. The van der Waals surface area contributed by atoms with Crippen molar-refractivity contribution in [2.75, 3.05) is 18.6 Å². The normalized spacial score (nSPS) is 24.4. The molecule has 262 valence electrons. The number of esters is 1. The third-order valence-electron chi connectivity index (χ3n) is 8.08. The molecule has 0 unspecified atom stereocenters. The highest BCUT2D eigenvalue weighted by Crippen LogP contribution is 2.38. The van der Waals surface area contributed by atoms with Crippen LogP contribution in [0, 0.1) is 5.92 Å². The number of benzene rings is 2. The lowest BCUT2D eigenvalue weighted by Crippen LogP contribution is -2.38. The number of phenolic OH excluding ortho intramolecular Hbond substituents is 1. The number of halogens is 1. The Hall–Kier alpha value is -3.93. The highest BCUT2D eigenvalue weighted by molar-refractivity contribution is 5.99. The SMILES string of the molecule is CCN(C(=O)OC(C)(C)C)c1cc(O)c2c(c1)C=CC[C@@H]1OC(C)(C)O[C@@H]1[C@H](OCc1ccc(OC)cc1)C(F)=C[C@@H](C)[C@H](C)OC2=O. The lowest BCUT2D eigenvalue weighted by Gasteiger charge is -2.28. The topological polar surface area (TPSA) is 113 Å². The van der Waals surface area contributed by atoms with Crippen molar-refractivity contribution < 1.29 is 47.5 Å². The van der Waals surface area contributed by atoms with Gasteiger partial charge in [-0.25, -0.2) is 14.0 Å². The number of fused-ring (bicyclic) bond motifs is 2. The molecule has 0 saturated carbocycles. The Morgan fingerprint density at radius 3 is 2.44 bits per heavy atom. The van der Waals surface area contributed by atoms with Crippen LogP contribution < -0.4 is 9.64 Å². The summed E-state index contributed by atoms with van der Waals surface area (Å²) in [6, 6.07) is 10.2. The number of nitrogens with zero attached hydrogens (tertiary/aromatic N) is 1. The molecular weight excluding hydrogens is 621 g/mol. The van der Waals surface area contributed by atoms with E-state index in [0.29, 0.717) is 17.0 Å². The number of carbonyl (C=O) groups excluding carboxylic acids is 2. The summed E-state index contributed by atoms with van der Waals surface area (Å²) in [5.74, 6) is -2.67. The number of rotatable bonds is 6. The Labute approximate surface area is 282 Å². The largest absolute Gasteiger partial charge is 0.507 e. The molecule has 0 spiro atoms. The van der Waals surface area contributed by atoms with Crippen molar-refractivity contribution in [2.45, 2.75) is 104 Å². The predicted molar refractivity (Wildman–Crippen MR) is 180 cm³/mol. The number of amides is 1. The fourth-order valence-corrected chi connectivity index (χ4v) is 5.56. The number of anilines is 1. The van der Waals surface area contributed by atoms with Gasteiger partial charge in [0.15, 0.2) is 5.79 Å². The van der Waals surface area contributed by atoms with Crippen molar-refractivity contribution in [1.29, 1.82) is 0 Å². The maximum absolute atomic E-state index is 16.2. The molecule has 0 bridgehead atoms. The molecule has 0 aliphatic carbocycles. The number of methoxy groups -OCH3 is 1. The first-order valence-electron chi connectivity index (χ1n) is 16.2. The first-order valence-corrected chi connectivity index (χ1v) is 16.2. The summed E-state index contributed by atoms with van der Waals surface area (Å²) >= 11 is 0. The van der Waals surface area contributed by atoms with Gasteiger partial charge in [-0.2, -0.15) is 0 Å². The number of carbonyl (C=O) groups is 2. The van der Waals surface area contributed by atoms with Gasteiger partial charge in [-0.3, -0.25) is 4.90 Å². The van der Waals surface area contributed by atoms with Crippen molar-refractivity contribution in [1.82, 2.24) is 0 Å².